The SMILES string of the molecule is C=CCO[C@@]12Oc3ccc(Oc4ccc(OC)c(C=O)c4)cc3[C@H]3[C@H](CCCCO)[C@@H](CCCCO)C=C(C(=NOCc4ccc([N+](=O)[O-])cc4)C[C@@H]1N(CCC)C(=O)OC)[C@H]32. The van der Waals surface area contributed by atoms with Crippen LogP contribution in [0.1, 0.15) is 85.7 Å². The van der Waals surface area contributed by atoms with Gasteiger partial charge >= 0.3 is 6.09 Å². The van der Waals surface area contributed by atoms with Crippen molar-refractivity contribution in [2.45, 2.75) is 82.6 Å². The highest BCUT2D eigenvalue weighted by molar-refractivity contribution is 6.03. The van der Waals surface area contributed by atoms with Gasteiger partial charge in [-0.1, -0.05) is 37.1 Å². The molecule has 6 rings (SSSR count). The second-order valence-electron chi connectivity index (χ2n) is 15.8. The highest BCUT2D eigenvalue weighted by atomic mass is 16.7. The predicted molar refractivity (Wildman–Crippen MR) is 231 cm³/mol. The zero-order valence-electron chi connectivity index (χ0n) is 35.6. The third kappa shape index (κ3) is 9.80. The van der Waals surface area contributed by atoms with Crippen LogP contribution in [-0.2, 0) is 20.9 Å². The van der Waals surface area contributed by atoms with Crippen LogP contribution in [0.25, 0.3) is 0 Å². The summed E-state index contributed by atoms with van der Waals surface area (Å²) in [4.78, 5) is 44.3. The third-order valence-corrected chi connectivity index (χ3v) is 12.0. The number of benzene rings is 3. The van der Waals surface area contributed by atoms with Crippen LogP contribution in [0.3, 0.4) is 0 Å². The molecule has 1 heterocycles. The normalized spacial score (nSPS) is 22.9. The number of ether oxygens (including phenoxy) is 5. The van der Waals surface area contributed by atoms with Crippen molar-refractivity contribution in [3.63, 3.8) is 0 Å². The van der Waals surface area contributed by atoms with E-state index < -0.39 is 28.8 Å². The molecule has 0 radical (unpaired) electrons. The number of oxime groups is 1. The number of rotatable bonds is 22. The van der Waals surface area contributed by atoms with Crippen LogP contribution in [0.5, 0.6) is 23.0 Å². The fraction of sp³-hybridized carbons (Fsp3) is 0.468. The van der Waals surface area contributed by atoms with Crippen LogP contribution >= 0.6 is 0 Å². The molecule has 1 fully saturated rings. The van der Waals surface area contributed by atoms with E-state index in [9.17, 15) is 29.9 Å². The largest absolute Gasteiger partial charge is 0.496 e. The highest BCUT2D eigenvalue weighted by Gasteiger charge is 2.65. The number of methoxy groups -OCH3 is 2. The summed E-state index contributed by atoms with van der Waals surface area (Å²) in [5, 5.41) is 35.9. The van der Waals surface area contributed by atoms with Crippen molar-refractivity contribution >= 4 is 23.8 Å². The molecule has 1 saturated carbocycles. The molecule has 0 spiro atoms. The van der Waals surface area contributed by atoms with Gasteiger partial charge in [0, 0.05) is 49.8 Å². The number of fused-ring (bicyclic) bond motifs is 2. The van der Waals surface area contributed by atoms with Crippen molar-refractivity contribution in [3.05, 3.63) is 112 Å². The number of nitrogens with zero attached hydrogens (tertiary/aromatic N) is 3. The van der Waals surface area contributed by atoms with Crippen molar-refractivity contribution in [1.82, 2.24) is 4.90 Å². The van der Waals surface area contributed by atoms with Gasteiger partial charge in [0.1, 0.15) is 35.6 Å². The standard InChI is InChI=1S/C47H57N3O12/c1-5-21-49(46(54)58-4)43-28-40(48-60-30-31-13-15-34(16-14-31)50(55)56)38-26-32(11-7-9-22-51)37(12-8-10-23-52)44-39-27-36(61-35-17-19-41(57-3)33(25-35)29-53)18-20-42(39)62-47(43,45(38)44)59-24-6-2/h6,13-20,25-27,29,32,37,43-45,51-52H,2,5,7-12,21-24,28,30H2,1,3-4H3/t32-,37+,43-,44+,45+,47+/m0/s1. The Labute approximate surface area is 362 Å². The average molecular weight is 856 g/mol. The number of hydrogen-bond donors (Lipinski definition) is 2. The number of aldehydes is 1. The summed E-state index contributed by atoms with van der Waals surface area (Å²) in [6, 6.07) is 15.9. The van der Waals surface area contributed by atoms with Gasteiger partial charge in [-0.3, -0.25) is 19.8 Å². The number of allylic oxidation sites excluding steroid dienone is 1. The van der Waals surface area contributed by atoms with Crippen LogP contribution in [0.15, 0.2) is 90.1 Å². The quantitative estimate of drug-likeness (QED) is 0.0323. The second kappa shape index (κ2) is 21.3. The summed E-state index contributed by atoms with van der Waals surface area (Å²) >= 11 is 0. The Kier molecular flexibility index (Phi) is 15.8. The first-order chi connectivity index (χ1) is 30.2. The lowest BCUT2D eigenvalue weighted by atomic mass is 9.55. The Morgan fingerprint density at radius 2 is 1.76 bits per heavy atom. The van der Waals surface area contributed by atoms with Gasteiger partial charge in [-0.2, -0.15) is 0 Å². The molecule has 3 aromatic rings. The summed E-state index contributed by atoms with van der Waals surface area (Å²) in [6.07, 6.45) is 9.06. The zero-order chi connectivity index (χ0) is 44.2. The van der Waals surface area contributed by atoms with Gasteiger partial charge in [-0.25, -0.2) is 4.79 Å². The summed E-state index contributed by atoms with van der Waals surface area (Å²) in [5.74, 6) is -0.470. The molecular formula is C47H57N3O12. The van der Waals surface area contributed by atoms with Crippen molar-refractivity contribution in [2.24, 2.45) is 22.9 Å². The summed E-state index contributed by atoms with van der Waals surface area (Å²) in [7, 11) is 2.84. The molecule has 0 unspecified atom stereocenters. The summed E-state index contributed by atoms with van der Waals surface area (Å²) in [6.45, 7) is 6.50. The average Bonchev–Trinajstić information content (AvgIpc) is 3.28. The van der Waals surface area contributed by atoms with Gasteiger partial charge in [0.2, 0.25) is 5.79 Å². The van der Waals surface area contributed by atoms with Crippen LogP contribution in [0.2, 0.25) is 0 Å². The predicted octanol–water partition coefficient (Wildman–Crippen LogP) is 8.52. The first-order valence-corrected chi connectivity index (χ1v) is 21.3. The van der Waals surface area contributed by atoms with Crippen molar-refractivity contribution in [2.75, 3.05) is 40.6 Å². The second-order valence-corrected chi connectivity index (χ2v) is 15.8. The highest BCUT2D eigenvalue weighted by Crippen LogP contribution is 2.62. The molecule has 0 bridgehead atoms. The molecule has 62 heavy (non-hydrogen) atoms. The third-order valence-electron chi connectivity index (χ3n) is 12.0. The van der Waals surface area contributed by atoms with Gasteiger partial charge < -0.3 is 38.7 Å². The molecule has 3 aliphatic rings. The van der Waals surface area contributed by atoms with E-state index in [1.807, 2.05) is 19.1 Å². The summed E-state index contributed by atoms with van der Waals surface area (Å²) < 4.78 is 31.4. The van der Waals surface area contributed by atoms with E-state index in [0.717, 1.165) is 36.8 Å². The number of carbonyl (C=O) groups excluding carboxylic acids is 2. The van der Waals surface area contributed by atoms with Crippen LogP contribution in [-0.4, -0.2) is 90.5 Å². The van der Waals surface area contributed by atoms with Crippen molar-refractivity contribution in [3.8, 4) is 23.0 Å². The van der Waals surface area contributed by atoms with Gasteiger partial charge in [0.25, 0.3) is 5.69 Å². The van der Waals surface area contributed by atoms with Crippen molar-refractivity contribution in [1.29, 1.82) is 0 Å². The topological polar surface area (TPSA) is 189 Å². The van der Waals surface area contributed by atoms with Crippen LogP contribution in [0.4, 0.5) is 10.5 Å². The van der Waals surface area contributed by atoms with Crippen LogP contribution in [0, 0.1) is 27.9 Å². The number of nitro groups is 1. The van der Waals surface area contributed by atoms with Crippen molar-refractivity contribution < 1.29 is 53.2 Å². The zero-order valence-corrected chi connectivity index (χ0v) is 35.6. The van der Waals surface area contributed by atoms with Gasteiger partial charge in [-0.05, 0) is 104 Å². The molecule has 1 aliphatic heterocycles. The van der Waals surface area contributed by atoms with E-state index in [0.29, 0.717) is 71.9 Å². The number of nitro benzene ring substituents is 1. The van der Waals surface area contributed by atoms with Gasteiger partial charge in [0.15, 0.2) is 6.29 Å². The lowest BCUT2D eigenvalue weighted by Gasteiger charge is -2.59. The molecular weight excluding hydrogens is 799 g/mol. The number of aliphatic hydroxyl groups is 2. The number of unbranched alkanes of at least 4 members (excludes halogenated alkanes) is 2. The fourth-order valence-electron chi connectivity index (χ4n) is 9.35. The number of carbonyl (C=O) groups is 2. The Morgan fingerprint density at radius 3 is 2.42 bits per heavy atom. The first kappa shape index (κ1) is 45.7. The Morgan fingerprint density at radius 1 is 1.03 bits per heavy atom. The fourth-order valence-corrected chi connectivity index (χ4v) is 9.35. The Hall–Kier alpha value is -5.77. The number of non-ortho nitro benzene ring substituents is 1. The molecule has 15 heteroatoms. The number of aliphatic hydroxyl groups excluding tert-OH is 2. The number of hydrogen-bond acceptors (Lipinski definition) is 13. The molecule has 3 aromatic carbocycles. The molecule has 332 valence electrons. The molecule has 0 aromatic heterocycles. The minimum absolute atomic E-state index is 0.00960. The monoisotopic (exact) mass is 855 g/mol. The van der Waals surface area contributed by atoms with E-state index in [-0.39, 0.29) is 56.3 Å². The van der Waals surface area contributed by atoms with Gasteiger partial charge in [0.05, 0.1) is 42.9 Å². The summed E-state index contributed by atoms with van der Waals surface area (Å²) in [5.41, 5.74) is 3.27. The van der Waals surface area contributed by atoms with E-state index in [2.05, 4.69) is 12.7 Å². The Bertz CT molecular complexity index is 2110. The minimum Gasteiger partial charge on any atom is -0.496 e. The van der Waals surface area contributed by atoms with E-state index in [1.54, 1.807) is 47.4 Å². The molecule has 15 nitrogen and oxygen atoms in total. The van der Waals surface area contributed by atoms with E-state index >= 15 is 0 Å². The molecule has 1 amide bonds. The maximum absolute atomic E-state index is 13.9. The molecule has 2 N–H and O–H groups in total. The Balaban J connectivity index is 1.56. The van der Waals surface area contributed by atoms with E-state index in [4.69, 9.17) is 33.7 Å². The first-order valence-electron chi connectivity index (χ1n) is 21.3. The molecule has 0 saturated heterocycles. The van der Waals surface area contributed by atoms with E-state index in [1.165, 1.54) is 26.4 Å². The smallest absolute Gasteiger partial charge is 0.409 e. The minimum atomic E-state index is -1.47. The lowest BCUT2D eigenvalue weighted by Crippen LogP contribution is -2.70. The van der Waals surface area contributed by atoms with Gasteiger partial charge in [-0.15, -0.1) is 6.58 Å². The van der Waals surface area contributed by atoms with Crippen LogP contribution < -0.4 is 14.2 Å². The molecule has 6 atom stereocenters. The number of amides is 1. The maximum Gasteiger partial charge on any atom is 0.409 e. The molecule has 2 aliphatic carbocycles. The maximum atomic E-state index is 13.9. The lowest BCUT2D eigenvalue weighted by molar-refractivity contribution is -0.384.